The van der Waals surface area contributed by atoms with Gasteiger partial charge in [0.2, 0.25) is 5.91 Å². The van der Waals surface area contributed by atoms with Gasteiger partial charge in [-0.25, -0.2) is 9.59 Å². The third kappa shape index (κ3) is 5.47. The number of carboxylic acid groups (broad SMARTS) is 1. The second kappa shape index (κ2) is 9.61. The monoisotopic (exact) mass is 375 g/mol. The van der Waals surface area contributed by atoms with Gasteiger partial charge in [-0.05, 0) is 18.1 Å². The first-order valence-corrected chi connectivity index (χ1v) is 8.88. The minimum atomic E-state index is -1.10. The van der Waals surface area contributed by atoms with Crippen molar-refractivity contribution in [1.82, 2.24) is 15.6 Å². The van der Waals surface area contributed by atoms with Crippen LogP contribution in [0, 0.1) is 0 Å². The molecule has 0 spiro atoms. The van der Waals surface area contributed by atoms with Crippen LogP contribution in [0.1, 0.15) is 31.7 Å². The van der Waals surface area contributed by atoms with Crippen molar-refractivity contribution in [2.24, 2.45) is 0 Å². The Bertz CT molecular complexity index is 801. The maximum atomic E-state index is 12.7. The van der Waals surface area contributed by atoms with Crippen LogP contribution in [0.5, 0.6) is 0 Å². The Morgan fingerprint density at radius 1 is 1.19 bits per heavy atom. The van der Waals surface area contributed by atoms with E-state index < -0.39 is 30.1 Å². The lowest BCUT2D eigenvalue weighted by Gasteiger charge is -2.21. The van der Waals surface area contributed by atoms with E-state index in [0.29, 0.717) is 12.8 Å². The van der Waals surface area contributed by atoms with Crippen LogP contribution in [0.2, 0.25) is 0 Å². The van der Waals surface area contributed by atoms with Crippen molar-refractivity contribution >= 4 is 28.9 Å². The van der Waals surface area contributed by atoms with Crippen molar-refractivity contribution in [3.8, 4) is 0 Å². The number of alkyl carbamates (subject to hydrolysis) is 1. The number of benzene rings is 1. The first-order chi connectivity index (χ1) is 13.0. The quantitative estimate of drug-likeness (QED) is 0.535. The molecule has 0 aliphatic carbocycles. The van der Waals surface area contributed by atoms with Crippen LogP contribution in [-0.2, 0) is 20.7 Å². The maximum Gasteiger partial charge on any atom is 0.407 e. The number of carbonyl (C=O) groups is 3. The molecule has 0 unspecified atom stereocenters. The minimum Gasteiger partial charge on any atom is -0.480 e. The first-order valence-electron chi connectivity index (χ1n) is 8.88. The number of unbranched alkanes of at least 4 members (excludes halogenated alkanes) is 1. The average molecular weight is 375 g/mol. The Morgan fingerprint density at radius 2 is 1.93 bits per heavy atom. The lowest BCUT2D eigenvalue weighted by molar-refractivity contribution is -0.142. The summed E-state index contributed by atoms with van der Waals surface area (Å²) in [6.07, 6.45) is 3.04. The van der Waals surface area contributed by atoms with Crippen molar-refractivity contribution < 1.29 is 24.2 Å². The molecule has 8 nitrogen and oxygen atoms in total. The zero-order valence-electron chi connectivity index (χ0n) is 15.5. The van der Waals surface area contributed by atoms with Crippen LogP contribution in [-0.4, -0.2) is 47.3 Å². The zero-order valence-corrected chi connectivity index (χ0v) is 15.5. The topological polar surface area (TPSA) is 121 Å². The molecule has 8 heteroatoms. The van der Waals surface area contributed by atoms with E-state index in [9.17, 15) is 19.5 Å². The summed E-state index contributed by atoms with van der Waals surface area (Å²) in [5.41, 5.74) is 1.75. The molecule has 0 radical (unpaired) electrons. The predicted molar refractivity (Wildman–Crippen MR) is 100 cm³/mol. The molecule has 0 aliphatic heterocycles. The number of aromatic nitrogens is 1. The second-order valence-electron chi connectivity index (χ2n) is 6.29. The number of methoxy groups -OCH3 is 1. The summed E-state index contributed by atoms with van der Waals surface area (Å²) in [6.45, 7) is 1.94. The van der Waals surface area contributed by atoms with Crippen LogP contribution in [0.25, 0.3) is 10.9 Å². The predicted octanol–water partition coefficient (Wildman–Crippen LogP) is 2.19. The van der Waals surface area contributed by atoms with E-state index in [1.165, 1.54) is 7.11 Å². The number of carboxylic acids is 1. The van der Waals surface area contributed by atoms with Gasteiger partial charge in [-0.2, -0.15) is 0 Å². The van der Waals surface area contributed by atoms with Gasteiger partial charge in [-0.1, -0.05) is 38.0 Å². The number of carbonyl (C=O) groups excluding carboxylic acids is 2. The van der Waals surface area contributed by atoms with Gasteiger partial charge >= 0.3 is 12.1 Å². The van der Waals surface area contributed by atoms with E-state index in [0.717, 1.165) is 22.9 Å². The number of amides is 2. The van der Waals surface area contributed by atoms with E-state index in [2.05, 4.69) is 20.4 Å². The number of H-pyrrole nitrogens is 1. The highest BCUT2D eigenvalue weighted by atomic mass is 16.5. The third-order valence-electron chi connectivity index (χ3n) is 4.35. The Balaban J connectivity index is 2.18. The van der Waals surface area contributed by atoms with Crippen LogP contribution in [0.4, 0.5) is 4.79 Å². The highest BCUT2D eigenvalue weighted by Gasteiger charge is 2.27. The van der Waals surface area contributed by atoms with Crippen LogP contribution in [0.3, 0.4) is 0 Å². The summed E-state index contributed by atoms with van der Waals surface area (Å²) < 4.78 is 4.60. The van der Waals surface area contributed by atoms with Crippen LogP contribution >= 0.6 is 0 Å². The number of aliphatic carboxylic acids is 1. The van der Waals surface area contributed by atoms with Gasteiger partial charge in [0.05, 0.1) is 7.11 Å². The molecule has 1 aromatic carbocycles. The molecule has 0 bridgehead atoms. The molecule has 2 rings (SSSR count). The summed E-state index contributed by atoms with van der Waals surface area (Å²) >= 11 is 0. The molecule has 2 atom stereocenters. The Hall–Kier alpha value is -3.03. The number of ether oxygens (including phenoxy) is 1. The van der Waals surface area contributed by atoms with Gasteiger partial charge in [0.15, 0.2) is 0 Å². The van der Waals surface area contributed by atoms with Gasteiger partial charge in [0, 0.05) is 23.5 Å². The molecular weight excluding hydrogens is 350 g/mol. The van der Waals surface area contributed by atoms with Gasteiger partial charge in [0.25, 0.3) is 0 Å². The lowest BCUT2D eigenvalue weighted by atomic mass is 10.0. The normalized spacial score (nSPS) is 13.0. The highest BCUT2D eigenvalue weighted by molar-refractivity contribution is 5.90. The summed E-state index contributed by atoms with van der Waals surface area (Å²) in [5.74, 6) is -1.66. The van der Waals surface area contributed by atoms with Crippen LogP contribution < -0.4 is 10.6 Å². The van der Waals surface area contributed by atoms with Crippen molar-refractivity contribution in [2.45, 2.75) is 44.7 Å². The van der Waals surface area contributed by atoms with E-state index in [1.807, 2.05) is 31.2 Å². The average Bonchev–Trinajstić information content (AvgIpc) is 3.07. The maximum absolute atomic E-state index is 12.7. The number of hydrogen-bond donors (Lipinski definition) is 4. The molecule has 0 saturated heterocycles. The fourth-order valence-corrected chi connectivity index (χ4v) is 2.87. The number of aromatic amines is 1. The molecular formula is C19H25N3O5. The highest BCUT2D eigenvalue weighted by Crippen LogP contribution is 2.19. The molecule has 2 amide bonds. The van der Waals surface area contributed by atoms with Crippen molar-refractivity contribution in [2.75, 3.05) is 7.11 Å². The molecule has 27 heavy (non-hydrogen) atoms. The Kier molecular flexibility index (Phi) is 7.22. The van der Waals surface area contributed by atoms with Gasteiger partial charge < -0.3 is 25.5 Å². The molecule has 0 aliphatic rings. The first kappa shape index (κ1) is 20.3. The molecule has 0 fully saturated rings. The van der Waals surface area contributed by atoms with E-state index in [1.54, 1.807) is 6.20 Å². The Morgan fingerprint density at radius 3 is 2.59 bits per heavy atom. The smallest absolute Gasteiger partial charge is 0.407 e. The van der Waals surface area contributed by atoms with Crippen molar-refractivity contribution in [3.05, 3.63) is 36.0 Å². The summed E-state index contributed by atoms with van der Waals surface area (Å²) in [4.78, 5) is 38.9. The minimum absolute atomic E-state index is 0.199. The molecule has 0 saturated carbocycles. The van der Waals surface area contributed by atoms with Crippen molar-refractivity contribution in [3.63, 3.8) is 0 Å². The Labute approximate surface area is 157 Å². The summed E-state index contributed by atoms with van der Waals surface area (Å²) in [7, 11) is 1.21. The third-order valence-corrected chi connectivity index (χ3v) is 4.35. The summed E-state index contributed by atoms with van der Waals surface area (Å²) in [5, 5.41) is 15.3. The lowest BCUT2D eigenvalue weighted by Crippen LogP contribution is -2.52. The van der Waals surface area contributed by atoms with E-state index in [-0.39, 0.29) is 6.42 Å². The van der Waals surface area contributed by atoms with Gasteiger partial charge in [0.1, 0.15) is 12.1 Å². The van der Waals surface area contributed by atoms with E-state index >= 15 is 0 Å². The number of fused-ring (bicyclic) bond motifs is 1. The molecule has 2 aromatic rings. The standard InChI is InChI=1S/C19H25N3O5/c1-3-4-8-15(18(24)25)21-17(23)16(22-19(26)27-2)10-12-11-20-14-9-6-5-7-13(12)14/h5-7,9,11,15-16,20H,3-4,8,10H2,1-2H3,(H,21,23)(H,22,26)(H,24,25)/t15-,16+/m1/s1. The van der Waals surface area contributed by atoms with Crippen molar-refractivity contribution in [1.29, 1.82) is 0 Å². The zero-order chi connectivity index (χ0) is 19.8. The fraction of sp³-hybridized carbons (Fsp3) is 0.421. The second-order valence-corrected chi connectivity index (χ2v) is 6.29. The largest absolute Gasteiger partial charge is 0.480 e. The van der Waals surface area contributed by atoms with Gasteiger partial charge in [-0.3, -0.25) is 4.79 Å². The van der Waals surface area contributed by atoms with E-state index in [4.69, 9.17) is 0 Å². The van der Waals surface area contributed by atoms with Crippen LogP contribution in [0.15, 0.2) is 30.5 Å². The summed E-state index contributed by atoms with van der Waals surface area (Å²) in [6, 6.07) is 5.64. The molecule has 4 N–H and O–H groups in total. The number of para-hydroxylation sites is 1. The number of hydrogen-bond acceptors (Lipinski definition) is 4. The number of rotatable bonds is 9. The fourth-order valence-electron chi connectivity index (χ4n) is 2.87. The van der Waals surface area contributed by atoms with Gasteiger partial charge in [-0.15, -0.1) is 0 Å². The molecule has 1 aromatic heterocycles. The SMILES string of the molecule is CCCC[C@@H](NC(=O)[C@H](Cc1c[nH]c2ccccc12)NC(=O)OC)C(=O)O. The number of nitrogens with one attached hydrogen (secondary N) is 3. The molecule has 1 heterocycles. The molecule has 146 valence electrons.